The van der Waals surface area contributed by atoms with Gasteiger partial charge in [0, 0.05) is 34.6 Å². The topological polar surface area (TPSA) is 84.7 Å². The van der Waals surface area contributed by atoms with Crippen molar-refractivity contribution < 1.29 is 4.79 Å². The largest absolute Gasteiger partial charge is 0.399 e. The smallest absolute Gasteiger partial charge is 0.251 e. The first kappa shape index (κ1) is 17.0. The fraction of sp³-hybridized carbons (Fsp3) is 0.158. The standard InChI is InChI=1S/C19H19ClN4O/c1-10-8-12(4-7-16(10)21)18-15-9-13(20)5-6-14(15)17(19(22)25)11(2)24(3)23-18/h4-9H,21H2,1-3H3,(H2,22,25). The summed E-state index contributed by atoms with van der Waals surface area (Å²) in [7, 11) is 1.79. The Hall–Kier alpha value is -2.79. The molecule has 0 unspecified atom stereocenters. The molecule has 0 radical (unpaired) electrons. The molecule has 0 saturated carbocycles. The number of hydrazone groups is 1. The predicted octanol–water partition coefficient (Wildman–Crippen LogP) is 3.14. The SMILES string of the molecule is CC1=C(C(N)=O)c2ccc(Cl)cc2C(c2ccc(N)c(C)c2)=NN1C. The first-order valence-corrected chi connectivity index (χ1v) is 8.17. The molecule has 0 bridgehead atoms. The Morgan fingerprint density at radius 2 is 1.84 bits per heavy atom. The van der Waals surface area contributed by atoms with Crippen LogP contribution in [0.4, 0.5) is 5.69 Å². The monoisotopic (exact) mass is 354 g/mol. The third-order valence-electron chi connectivity index (χ3n) is 4.39. The first-order valence-electron chi connectivity index (χ1n) is 7.79. The van der Waals surface area contributed by atoms with Crippen molar-refractivity contribution in [1.29, 1.82) is 0 Å². The van der Waals surface area contributed by atoms with Gasteiger partial charge in [-0.15, -0.1) is 0 Å². The molecule has 1 heterocycles. The summed E-state index contributed by atoms with van der Waals surface area (Å²) in [5.41, 5.74) is 17.4. The maximum atomic E-state index is 12.1. The molecular weight excluding hydrogens is 336 g/mol. The Balaban J connectivity index is 2.33. The summed E-state index contributed by atoms with van der Waals surface area (Å²) in [5, 5.41) is 6.92. The molecule has 0 aromatic heterocycles. The molecule has 1 aliphatic heterocycles. The number of allylic oxidation sites excluding steroid dienone is 1. The van der Waals surface area contributed by atoms with Crippen molar-refractivity contribution in [2.45, 2.75) is 13.8 Å². The van der Waals surface area contributed by atoms with Gasteiger partial charge in [0.2, 0.25) is 0 Å². The number of carbonyl (C=O) groups excluding carboxylic acids is 1. The maximum absolute atomic E-state index is 12.1. The molecule has 6 heteroatoms. The van der Waals surface area contributed by atoms with Gasteiger partial charge in [-0.25, -0.2) is 0 Å². The number of aryl methyl sites for hydroxylation is 1. The van der Waals surface area contributed by atoms with Crippen molar-refractivity contribution in [3.63, 3.8) is 0 Å². The van der Waals surface area contributed by atoms with Gasteiger partial charge in [-0.1, -0.05) is 23.7 Å². The van der Waals surface area contributed by atoms with Crippen molar-refractivity contribution in [2.75, 3.05) is 12.8 Å². The van der Waals surface area contributed by atoms with Crippen molar-refractivity contribution >= 4 is 34.5 Å². The Kier molecular flexibility index (Phi) is 4.27. The number of nitrogen functional groups attached to an aromatic ring is 1. The molecule has 0 saturated heterocycles. The van der Waals surface area contributed by atoms with Gasteiger partial charge in [0.15, 0.2) is 0 Å². The highest BCUT2D eigenvalue weighted by Gasteiger charge is 2.25. The van der Waals surface area contributed by atoms with Crippen LogP contribution in [-0.2, 0) is 4.79 Å². The lowest BCUT2D eigenvalue weighted by atomic mass is 9.92. The normalized spacial score (nSPS) is 14.1. The van der Waals surface area contributed by atoms with Crippen molar-refractivity contribution in [3.8, 4) is 0 Å². The van der Waals surface area contributed by atoms with Gasteiger partial charge in [-0.3, -0.25) is 9.80 Å². The fourth-order valence-electron chi connectivity index (χ4n) is 2.91. The molecule has 1 amide bonds. The van der Waals surface area contributed by atoms with Crippen molar-refractivity contribution in [3.05, 3.63) is 69.4 Å². The van der Waals surface area contributed by atoms with E-state index in [1.807, 2.05) is 32.0 Å². The van der Waals surface area contributed by atoms with E-state index in [2.05, 4.69) is 0 Å². The number of rotatable bonds is 2. The average molecular weight is 355 g/mol. The summed E-state index contributed by atoms with van der Waals surface area (Å²) in [4.78, 5) is 12.1. The number of hydrogen-bond donors (Lipinski definition) is 2. The third kappa shape index (κ3) is 2.98. The molecule has 2 aromatic carbocycles. The van der Waals surface area contributed by atoms with E-state index < -0.39 is 5.91 Å². The number of amides is 1. The third-order valence-corrected chi connectivity index (χ3v) is 4.63. The molecule has 25 heavy (non-hydrogen) atoms. The summed E-state index contributed by atoms with van der Waals surface area (Å²) in [5.74, 6) is -0.502. The summed E-state index contributed by atoms with van der Waals surface area (Å²) < 4.78 is 0. The van der Waals surface area contributed by atoms with Gasteiger partial charge in [-0.05, 0) is 49.2 Å². The van der Waals surface area contributed by atoms with Crippen LogP contribution < -0.4 is 11.5 Å². The molecule has 3 rings (SSSR count). The van der Waals surface area contributed by atoms with Crippen molar-refractivity contribution in [1.82, 2.24) is 5.01 Å². The molecule has 128 valence electrons. The summed E-state index contributed by atoms with van der Waals surface area (Å²) >= 11 is 6.22. The second-order valence-corrected chi connectivity index (χ2v) is 6.49. The minimum atomic E-state index is -0.502. The molecule has 4 N–H and O–H groups in total. The van der Waals surface area contributed by atoms with Crippen molar-refractivity contribution in [2.24, 2.45) is 10.8 Å². The number of halogens is 1. The zero-order valence-corrected chi connectivity index (χ0v) is 15.1. The lowest BCUT2D eigenvalue weighted by Crippen LogP contribution is -2.18. The number of nitrogens with two attached hydrogens (primary N) is 2. The minimum absolute atomic E-state index is 0.431. The highest BCUT2D eigenvalue weighted by molar-refractivity contribution is 6.32. The van der Waals surface area contributed by atoms with Gasteiger partial charge >= 0.3 is 0 Å². The van der Waals surface area contributed by atoms with Crippen LogP contribution in [0.5, 0.6) is 0 Å². The Bertz CT molecular complexity index is 946. The lowest BCUT2D eigenvalue weighted by molar-refractivity contribution is -0.112. The predicted molar refractivity (Wildman–Crippen MR) is 102 cm³/mol. The molecule has 5 nitrogen and oxygen atoms in total. The molecule has 0 fully saturated rings. The number of nitrogens with zero attached hydrogens (tertiary/aromatic N) is 2. The number of benzene rings is 2. The lowest BCUT2D eigenvalue weighted by Gasteiger charge is -2.15. The van der Waals surface area contributed by atoms with Crippen LogP contribution in [0.3, 0.4) is 0 Å². The maximum Gasteiger partial charge on any atom is 0.251 e. The highest BCUT2D eigenvalue weighted by atomic mass is 35.5. The number of carbonyl (C=O) groups is 1. The summed E-state index contributed by atoms with van der Waals surface area (Å²) in [6.45, 7) is 3.76. The molecule has 0 spiro atoms. The molecule has 0 aliphatic carbocycles. The summed E-state index contributed by atoms with van der Waals surface area (Å²) in [6.07, 6.45) is 0. The number of primary amides is 1. The highest BCUT2D eigenvalue weighted by Crippen LogP contribution is 2.32. The molecule has 1 aliphatic rings. The van der Waals surface area contributed by atoms with E-state index >= 15 is 0 Å². The van der Waals surface area contributed by atoms with Crippen LogP contribution in [0.25, 0.3) is 5.57 Å². The Morgan fingerprint density at radius 1 is 1.12 bits per heavy atom. The zero-order chi connectivity index (χ0) is 18.3. The van der Waals surface area contributed by atoms with E-state index in [1.165, 1.54) is 0 Å². The van der Waals surface area contributed by atoms with Gasteiger partial charge in [0.25, 0.3) is 5.91 Å². The van der Waals surface area contributed by atoms with Gasteiger partial charge < -0.3 is 11.5 Å². The van der Waals surface area contributed by atoms with Gasteiger partial charge in [0.1, 0.15) is 0 Å². The van der Waals surface area contributed by atoms with Crippen LogP contribution in [0.15, 0.2) is 47.2 Å². The van der Waals surface area contributed by atoms with Crippen LogP contribution >= 0.6 is 11.6 Å². The van der Waals surface area contributed by atoms with E-state index in [-0.39, 0.29) is 0 Å². The van der Waals surface area contributed by atoms with E-state index in [9.17, 15) is 4.79 Å². The summed E-state index contributed by atoms with van der Waals surface area (Å²) in [6, 6.07) is 11.1. The second-order valence-electron chi connectivity index (χ2n) is 6.06. The minimum Gasteiger partial charge on any atom is -0.399 e. The van der Waals surface area contributed by atoms with E-state index in [4.69, 9.17) is 28.2 Å². The quantitative estimate of drug-likeness (QED) is 0.812. The number of anilines is 1. The van der Waals surface area contributed by atoms with E-state index in [1.54, 1.807) is 30.3 Å². The van der Waals surface area contributed by atoms with E-state index in [0.717, 1.165) is 16.7 Å². The molecule has 2 aromatic rings. The van der Waals surface area contributed by atoms with Crippen LogP contribution in [0.1, 0.15) is 29.2 Å². The number of hydrogen-bond acceptors (Lipinski definition) is 4. The zero-order valence-electron chi connectivity index (χ0n) is 14.3. The van der Waals surface area contributed by atoms with Crippen LogP contribution in [-0.4, -0.2) is 23.7 Å². The molecule has 0 atom stereocenters. The number of fused-ring (bicyclic) bond motifs is 1. The van der Waals surface area contributed by atoms with E-state index in [0.29, 0.717) is 33.3 Å². The van der Waals surface area contributed by atoms with Gasteiger partial charge in [-0.2, -0.15) is 5.10 Å². The fourth-order valence-corrected chi connectivity index (χ4v) is 3.09. The van der Waals surface area contributed by atoms with Crippen LogP contribution in [0, 0.1) is 6.92 Å². The van der Waals surface area contributed by atoms with Crippen LogP contribution in [0.2, 0.25) is 5.02 Å². The first-order chi connectivity index (χ1) is 11.8. The molecular formula is C19H19ClN4O. The van der Waals surface area contributed by atoms with Gasteiger partial charge in [0.05, 0.1) is 11.3 Å². The average Bonchev–Trinajstić information content (AvgIpc) is 2.66. The Morgan fingerprint density at radius 3 is 2.48 bits per heavy atom. The second kappa shape index (κ2) is 6.26. The Labute approximate surface area is 151 Å².